The third-order valence-electron chi connectivity index (χ3n) is 4.24. The van der Waals surface area contributed by atoms with Gasteiger partial charge in [-0.1, -0.05) is 53.4 Å². The molecule has 31 heavy (non-hydrogen) atoms. The Balaban J connectivity index is 1.54. The summed E-state index contributed by atoms with van der Waals surface area (Å²) in [4.78, 5) is 33.5. The van der Waals surface area contributed by atoms with Crippen molar-refractivity contribution < 1.29 is 14.3 Å². The van der Waals surface area contributed by atoms with Crippen LogP contribution in [0.4, 0.5) is 5.69 Å². The minimum Gasteiger partial charge on any atom is -0.497 e. The molecule has 0 aliphatic heterocycles. The Morgan fingerprint density at radius 2 is 1.65 bits per heavy atom. The van der Waals surface area contributed by atoms with Gasteiger partial charge < -0.3 is 10.1 Å². The summed E-state index contributed by atoms with van der Waals surface area (Å²) < 4.78 is 5.11. The number of anilines is 1. The summed E-state index contributed by atoms with van der Waals surface area (Å²) in [6.07, 6.45) is 0. The minimum atomic E-state index is -0.129. The zero-order valence-electron chi connectivity index (χ0n) is 17.5. The number of carbonyl (C=O) groups is 2. The first-order valence-corrected chi connectivity index (χ1v) is 11.5. The molecule has 0 fully saturated rings. The zero-order chi connectivity index (χ0) is 22.2. The fourth-order valence-corrected chi connectivity index (χ4v) is 4.23. The Bertz CT molecular complexity index is 1050. The van der Waals surface area contributed by atoms with Gasteiger partial charge in [0.1, 0.15) is 10.8 Å². The molecule has 2 aromatic carbocycles. The van der Waals surface area contributed by atoms with Crippen molar-refractivity contribution in [3.05, 3.63) is 71.4 Å². The van der Waals surface area contributed by atoms with Crippen LogP contribution in [0.2, 0.25) is 0 Å². The van der Waals surface area contributed by atoms with Crippen LogP contribution >= 0.6 is 23.5 Å². The van der Waals surface area contributed by atoms with Gasteiger partial charge in [0, 0.05) is 16.9 Å². The van der Waals surface area contributed by atoms with Crippen LogP contribution in [0.3, 0.4) is 0 Å². The number of benzene rings is 2. The van der Waals surface area contributed by atoms with Gasteiger partial charge in [0.2, 0.25) is 5.91 Å². The number of aromatic nitrogens is 2. The van der Waals surface area contributed by atoms with Gasteiger partial charge in [-0.3, -0.25) is 9.59 Å². The Kier molecular flexibility index (Phi) is 8.08. The fraction of sp³-hybridized carbons (Fsp3) is 0.217. The topological polar surface area (TPSA) is 81.2 Å². The SMILES string of the molecule is COc1ccc(NC(=O)CSc2cc(C)nc(SCC(=O)c3ccc(C)cc3)n2)cc1. The van der Waals surface area contributed by atoms with Crippen molar-refractivity contribution >= 4 is 40.9 Å². The molecule has 1 amide bonds. The van der Waals surface area contributed by atoms with E-state index in [9.17, 15) is 9.59 Å². The second kappa shape index (κ2) is 11.0. The number of hydrogen-bond acceptors (Lipinski definition) is 7. The van der Waals surface area contributed by atoms with Crippen LogP contribution < -0.4 is 10.1 Å². The highest BCUT2D eigenvalue weighted by Crippen LogP contribution is 2.22. The number of methoxy groups -OCH3 is 1. The number of ether oxygens (including phenoxy) is 1. The largest absolute Gasteiger partial charge is 0.497 e. The highest BCUT2D eigenvalue weighted by atomic mass is 32.2. The number of thioether (sulfide) groups is 2. The number of nitrogens with zero attached hydrogens (tertiary/aromatic N) is 2. The van der Waals surface area contributed by atoms with E-state index in [1.165, 1.54) is 23.5 Å². The highest BCUT2D eigenvalue weighted by Gasteiger charge is 2.11. The molecule has 1 N–H and O–H groups in total. The van der Waals surface area contributed by atoms with Gasteiger partial charge in [0.15, 0.2) is 10.9 Å². The van der Waals surface area contributed by atoms with Gasteiger partial charge in [0.05, 0.1) is 18.6 Å². The van der Waals surface area contributed by atoms with Gasteiger partial charge in [-0.2, -0.15) is 0 Å². The van der Waals surface area contributed by atoms with Gasteiger partial charge in [-0.25, -0.2) is 9.97 Å². The maximum absolute atomic E-state index is 12.4. The van der Waals surface area contributed by atoms with Gasteiger partial charge in [-0.05, 0) is 44.2 Å². The van der Waals surface area contributed by atoms with E-state index in [0.717, 1.165) is 17.0 Å². The molecule has 0 unspecified atom stereocenters. The lowest BCUT2D eigenvalue weighted by Gasteiger charge is -2.07. The van der Waals surface area contributed by atoms with Crippen LogP contribution in [-0.4, -0.2) is 40.3 Å². The molecule has 3 rings (SSSR count). The lowest BCUT2D eigenvalue weighted by Crippen LogP contribution is -2.14. The van der Waals surface area contributed by atoms with Crippen molar-refractivity contribution in [3.63, 3.8) is 0 Å². The quantitative estimate of drug-likeness (QED) is 0.216. The molecule has 0 atom stereocenters. The summed E-state index contributed by atoms with van der Waals surface area (Å²) in [5.74, 6) is 1.11. The summed E-state index contributed by atoms with van der Waals surface area (Å²) >= 11 is 2.63. The third kappa shape index (κ3) is 7.11. The van der Waals surface area contributed by atoms with Crippen molar-refractivity contribution in [2.45, 2.75) is 24.0 Å². The molecule has 1 aromatic heterocycles. The average Bonchev–Trinajstić information content (AvgIpc) is 2.77. The molecule has 0 radical (unpaired) electrons. The van der Waals surface area contributed by atoms with E-state index in [4.69, 9.17) is 4.74 Å². The minimum absolute atomic E-state index is 0.0307. The fourth-order valence-electron chi connectivity index (χ4n) is 2.62. The van der Waals surface area contributed by atoms with Crippen LogP contribution in [0.1, 0.15) is 21.6 Å². The second-order valence-electron chi connectivity index (χ2n) is 6.77. The molecular formula is C23H23N3O3S2. The van der Waals surface area contributed by atoms with E-state index in [0.29, 0.717) is 21.4 Å². The normalized spacial score (nSPS) is 10.5. The number of hydrogen-bond donors (Lipinski definition) is 1. The molecule has 0 aliphatic carbocycles. The van der Waals surface area contributed by atoms with E-state index in [2.05, 4.69) is 15.3 Å². The van der Waals surface area contributed by atoms with E-state index in [-0.39, 0.29) is 23.2 Å². The van der Waals surface area contributed by atoms with Crippen molar-refractivity contribution in [2.75, 3.05) is 23.9 Å². The Hall–Kier alpha value is -2.84. The molecular weight excluding hydrogens is 430 g/mol. The van der Waals surface area contributed by atoms with Gasteiger partial charge >= 0.3 is 0 Å². The Labute approximate surface area is 190 Å². The average molecular weight is 454 g/mol. The van der Waals surface area contributed by atoms with Crippen LogP contribution in [-0.2, 0) is 4.79 Å². The molecule has 0 spiro atoms. The van der Waals surface area contributed by atoms with E-state index in [1.54, 1.807) is 31.4 Å². The first-order valence-electron chi connectivity index (χ1n) is 9.58. The summed E-state index contributed by atoms with van der Waals surface area (Å²) in [6.45, 7) is 3.86. The van der Waals surface area contributed by atoms with Gasteiger partial charge in [0.25, 0.3) is 0 Å². The van der Waals surface area contributed by atoms with E-state index < -0.39 is 0 Å². The molecule has 3 aromatic rings. The summed E-state index contributed by atoms with van der Waals surface area (Å²) in [7, 11) is 1.60. The van der Waals surface area contributed by atoms with Crippen molar-refractivity contribution in [2.24, 2.45) is 0 Å². The Morgan fingerprint density at radius 3 is 2.32 bits per heavy atom. The number of aryl methyl sites for hydroxylation is 2. The summed E-state index contributed by atoms with van der Waals surface area (Å²) in [5, 5.41) is 4.07. The lowest BCUT2D eigenvalue weighted by molar-refractivity contribution is -0.113. The van der Waals surface area contributed by atoms with Crippen molar-refractivity contribution in [3.8, 4) is 5.75 Å². The molecule has 0 aliphatic rings. The number of amides is 1. The third-order valence-corrected chi connectivity index (χ3v) is 6.00. The molecule has 0 saturated carbocycles. The summed E-state index contributed by atoms with van der Waals surface area (Å²) in [6, 6.07) is 16.5. The smallest absolute Gasteiger partial charge is 0.234 e. The number of ketones is 1. The monoisotopic (exact) mass is 453 g/mol. The summed E-state index contributed by atoms with van der Waals surface area (Å²) in [5.41, 5.74) is 3.29. The molecule has 0 bridgehead atoms. The van der Waals surface area contributed by atoms with Crippen LogP contribution in [0.15, 0.2) is 64.8 Å². The molecule has 6 nitrogen and oxygen atoms in total. The maximum atomic E-state index is 12.4. The molecule has 160 valence electrons. The highest BCUT2D eigenvalue weighted by molar-refractivity contribution is 8.00. The standard InChI is InChI=1S/C23H23N3O3S2/c1-15-4-6-17(7-5-15)20(27)13-31-23-24-16(2)12-22(26-23)30-14-21(28)25-18-8-10-19(29-3)11-9-18/h4-12H,13-14H2,1-3H3,(H,25,28). The molecule has 8 heteroatoms. The Morgan fingerprint density at radius 1 is 0.935 bits per heavy atom. The number of rotatable bonds is 9. The maximum Gasteiger partial charge on any atom is 0.234 e. The molecule has 0 saturated heterocycles. The van der Waals surface area contributed by atoms with Crippen molar-refractivity contribution in [1.82, 2.24) is 9.97 Å². The first kappa shape index (κ1) is 22.8. The number of nitrogens with one attached hydrogen (secondary N) is 1. The number of carbonyl (C=O) groups excluding carboxylic acids is 2. The predicted molar refractivity (Wildman–Crippen MR) is 125 cm³/mol. The van der Waals surface area contributed by atoms with Crippen LogP contribution in [0.5, 0.6) is 5.75 Å². The predicted octanol–water partition coefficient (Wildman–Crippen LogP) is 4.81. The van der Waals surface area contributed by atoms with Gasteiger partial charge in [-0.15, -0.1) is 0 Å². The first-order chi connectivity index (χ1) is 14.9. The van der Waals surface area contributed by atoms with Crippen molar-refractivity contribution in [1.29, 1.82) is 0 Å². The van der Waals surface area contributed by atoms with Crippen LogP contribution in [0.25, 0.3) is 0 Å². The molecule has 1 heterocycles. The lowest BCUT2D eigenvalue weighted by atomic mass is 10.1. The number of Topliss-reactive ketones (excluding diaryl/α,β-unsaturated/α-hetero) is 1. The second-order valence-corrected chi connectivity index (χ2v) is 8.71. The van der Waals surface area contributed by atoms with E-state index >= 15 is 0 Å². The van der Waals surface area contributed by atoms with Crippen LogP contribution in [0, 0.1) is 13.8 Å². The zero-order valence-corrected chi connectivity index (χ0v) is 19.2. The van der Waals surface area contributed by atoms with E-state index in [1.807, 2.05) is 44.2 Å².